The van der Waals surface area contributed by atoms with Crippen LogP contribution in [0.25, 0.3) is 0 Å². The Morgan fingerprint density at radius 3 is 2.34 bits per heavy atom. The Bertz CT molecular complexity index is 1230. The SMILES string of the molecule is CCCCC(=O)N1C/C=C\C(c2ccc(OC)cc2)N(Cc2ccc(F)cc2)C(=O)C1Cc1ccccc1. The van der Waals surface area contributed by atoms with Crippen molar-refractivity contribution in [1.29, 1.82) is 0 Å². The quantitative estimate of drug-likeness (QED) is 0.324. The fraction of sp³-hybridized carbons (Fsp3) is 0.312. The Morgan fingerprint density at radius 2 is 1.68 bits per heavy atom. The Hall–Kier alpha value is -3.93. The molecule has 0 bridgehead atoms. The highest BCUT2D eigenvalue weighted by Gasteiger charge is 2.36. The average Bonchev–Trinajstić information content (AvgIpc) is 2.95. The molecule has 4 rings (SSSR count). The highest BCUT2D eigenvalue weighted by molar-refractivity contribution is 5.89. The molecule has 198 valence electrons. The van der Waals surface area contributed by atoms with Crippen LogP contribution in [0.15, 0.2) is 91.0 Å². The normalized spacial score (nSPS) is 18.6. The lowest BCUT2D eigenvalue weighted by atomic mass is 9.96. The van der Waals surface area contributed by atoms with Crippen molar-refractivity contribution in [3.05, 3.63) is 114 Å². The average molecular weight is 515 g/mol. The molecule has 1 aliphatic rings. The van der Waals surface area contributed by atoms with Crippen molar-refractivity contribution in [2.75, 3.05) is 13.7 Å². The van der Waals surface area contributed by atoms with Crippen LogP contribution in [0.1, 0.15) is 48.9 Å². The van der Waals surface area contributed by atoms with E-state index in [1.54, 1.807) is 29.0 Å². The number of hydrogen-bond acceptors (Lipinski definition) is 3. The maximum absolute atomic E-state index is 14.5. The number of rotatable bonds is 9. The standard InChI is InChI=1S/C32H35FN2O3/c1-3-4-12-31(36)34-21-8-11-29(26-15-19-28(38-2)20-16-26)35(23-25-13-17-27(33)18-14-25)32(37)30(34)22-24-9-6-5-7-10-24/h5-11,13-20,29-30H,3-4,12,21-23H2,1-2H3/b11-8-. The van der Waals surface area contributed by atoms with Gasteiger partial charge in [-0.2, -0.15) is 0 Å². The van der Waals surface area contributed by atoms with Gasteiger partial charge >= 0.3 is 0 Å². The molecule has 2 amide bonds. The number of amides is 2. The second-order valence-electron chi connectivity index (χ2n) is 9.59. The number of hydrogen-bond donors (Lipinski definition) is 0. The molecular weight excluding hydrogens is 479 g/mol. The molecule has 0 aromatic heterocycles. The Balaban J connectivity index is 1.77. The van der Waals surface area contributed by atoms with Gasteiger partial charge in [0, 0.05) is 25.9 Å². The van der Waals surface area contributed by atoms with E-state index in [-0.39, 0.29) is 30.2 Å². The first-order valence-corrected chi connectivity index (χ1v) is 13.2. The van der Waals surface area contributed by atoms with Crippen LogP contribution in [-0.4, -0.2) is 41.3 Å². The van der Waals surface area contributed by atoms with E-state index >= 15 is 0 Å². The predicted octanol–water partition coefficient (Wildman–Crippen LogP) is 6.10. The fourth-order valence-corrected chi connectivity index (χ4v) is 4.83. The minimum absolute atomic E-state index is 0.0181. The minimum atomic E-state index is -0.659. The Kier molecular flexibility index (Phi) is 9.30. The van der Waals surface area contributed by atoms with Crippen LogP contribution in [-0.2, 0) is 22.6 Å². The Morgan fingerprint density at radius 1 is 0.974 bits per heavy atom. The highest BCUT2D eigenvalue weighted by atomic mass is 19.1. The molecule has 2 atom stereocenters. The van der Waals surface area contributed by atoms with Gasteiger partial charge in [0.25, 0.3) is 0 Å². The van der Waals surface area contributed by atoms with Crippen LogP contribution in [0.2, 0.25) is 0 Å². The second kappa shape index (κ2) is 13.0. The van der Waals surface area contributed by atoms with Crippen molar-refractivity contribution in [2.45, 2.75) is 51.2 Å². The monoisotopic (exact) mass is 514 g/mol. The molecule has 3 aromatic rings. The molecule has 0 N–H and O–H groups in total. The molecule has 2 unspecified atom stereocenters. The molecule has 0 spiro atoms. The van der Waals surface area contributed by atoms with Crippen LogP contribution >= 0.6 is 0 Å². The zero-order valence-corrected chi connectivity index (χ0v) is 22.1. The van der Waals surface area contributed by atoms with Crippen LogP contribution in [0.4, 0.5) is 4.39 Å². The van der Waals surface area contributed by atoms with Gasteiger partial charge in [0.05, 0.1) is 13.2 Å². The largest absolute Gasteiger partial charge is 0.497 e. The molecule has 5 nitrogen and oxygen atoms in total. The van der Waals surface area contributed by atoms with Crippen molar-refractivity contribution in [3.8, 4) is 5.75 Å². The maximum Gasteiger partial charge on any atom is 0.246 e. The summed E-state index contributed by atoms with van der Waals surface area (Å²) in [4.78, 5) is 31.4. The van der Waals surface area contributed by atoms with Crippen LogP contribution < -0.4 is 4.74 Å². The predicted molar refractivity (Wildman–Crippen MR) is 147 cm³/mol. The van der Waals surface area contributed by atoms with Crippen molar-refractivity contribution < 1.29 is 18.7 Å². The summed E-state index contributed by atoms with van der Waals surface area (Å²) in [5, 5.41) is 0. The van der Waals surface area contributed by atoms with Gasteiger partial charge in [0.1, 0.15) is 17.6 Å². The van der Waals surface area contributed by atoms with E-state index < -0.39 is 6.04 Å². The summed E-state index contributed by atoms with van der Waals surface area (Å²) in [6, 6.07) is 22.7. The first kappa shape index (κ1) is 27.1. The minimum Gasteiger partial charge on any atom is -0.497 e. The van der Waals surface area contributed by atoms with Gasteiger partial charge in [0.2, 0.25) is 11.8 Å². The molecule has 3 aromatic carbocycles. The third-order valence-corrected chi connectivity index (χ3v) is 6.96. The number of carbonyl (C=O) groups excluding carboxylic acids is 2. The zero-order chi connectivity index (χ0) is 26.9. The van der Waals surface area contributed by atoms with Crippen molar-refractivity contribution >= 4 is 11.8 Å². The van der Waals surface area contributed by atoms with Crippen LogP contribution in [0.5, 0.6) is 5.75 Å². The third-order valence-electron chi connectivity index (χ3n) is 6.96. The van der Waals surface area contributed by atoms with E-state index in [0.717, 1.165) is 35.3 Å². The third kappa shape index (κ3) is 6.68. The lowest BCUT2D eigenvalue weighted by Gasteiger charge is -2.39. The number of ether oxygens (including phenoxy) is 1. The van der Waals surface area contributed by atoms with Gasteiger partial charge in [-0.05, 0) is 47.4 Å². The molecule has 0 saturated heterocycles. The number of benzene rings is 3. The lowest BCUT2D eigenvalue weighted by molar-refractivity contribution is -0.147. The number of carbonyl (C=O) groups is 2. The number of unbranched alkanes of at least 4 members (excludes halogenated alkanes) is 1. The van der Waals surface area contributed by atoms with Gasteiger partial charge in [-0.1, -0.05) is 80.1 Å². The molecule has 0 aliphatic carbocycles. The summed E-state index contributed by atoms with van der Waals surface area (Å²) in [5.74, 6) is 0.257. The smallest absolute Gasteiger partial charge is 0.246 e. The van der Waals surface area contributed by atoms with Crippen molar-refractivity contribution in [1.82, 2.24) is 9.80 Å². The highest BCUT2D eigenvalue weighted by Crippen LogP contribution is 2.30. The zero-order valence-electron chi connectivity index (χ0n) is 22.1. The van der Waals surface area contributed by atoms with Crippen molar-refractivity contribution in [2.24, 2.45) is 0 Å². The maximum atomic E-state index is 14.5. The van der Waals surface area contributed by atoms with E-state index in [9.17, 15) is 14.0 Å². The van der Waals surface area contributed by atoms with Gasteiger partial charge < -0.3 is 14.5 Å². The molecule has 0 fully saturated rings. The first-order valence-electron chi connectivity index (χ1n) is 13.2. The van der Waals surface area contributed by atoms with Gasteiger partial charge in [-0.25, -0.2) is 4.39 Å². The van der Waals surface area contributed by atoms with Gasteiger partial charge in [-0.3, -0.25) is 9.59 Å². The molecule has 6 heteroatoms. The summed E-state index contributed by atoms with van der Waals surface area (Å²) in [7, 11) is 1.62. The summed E-state index contributed by atoms with van der Waals surface area (Å²) in [6.45, 7) is 2.70. The summed E-state index contributed by atoms with van der Waals surface area (Å²) >= 11 is 0. The summed E-state index contributed by atoms with van der Waals surface area (Å²) < 4.78 is 19.0. The molecule has 1 aliphatic heterocycles. The fourth-order valence-electron chi connectivity index (χ4n) is 4.83. The van der Waals surface area contributed by atoms with E-state index in [1.807, 2.05) is 66.7 Å². The number of nitrogens with zero attached hydrogens (tertiary/aromatic N) is 2. The molecule has 38 heavy (non-hydrogen) atoms. The Labute approximate surface area is 224 Å². The number of halogens is 1. The van der Waals surface area contributed by atoms with Crippen LogP contribution in [0.3, 0.4) is 0 Å². The molecule has 0 radical (unpaired) electrons. The van der Waals surface area contributed by atoms with E-state index in [1.165, 1.54) is 12.1 Å². The van der Waals surface area contributed by atoms with E-state index in [0.29, 0.717) is 19.4 Å². The van der Waals surface area contributed by atoms with E-state index in [4.69, 9.17) is 4.74 Å². The molecule has 1 heterocycles. The molecular formula is C32H35FN2O3. The van der Waals surface area contributed by atoms with Gasteiger partial charge in [-0.15, -0.1) is 0 Å². The summed E-state index contributed by atoms with van der Waals surface area (Å²) in [6.07, 6.45) is 6.48. The number of methoxy groups -OCH3 is 1. The summed E-state index contributed by atoms with van der Waals surface area (Å²) in [5.41, 5.74) is 2.74. The van der Waals surface area contributed by atoms with Crippen molar-refractivity contribution in [3.63, 3.8) is 0 Å². The van der Waals surface area contributed by atoms with E-state index in [2.05, 4.69) is 6.92 Å². The lowest BCUT2D eigenvalue weighted by Crippen LogP contribution is -2.53. The van der Waals surface area contributed by atoms with Gasteiger partial charge in [0.15, 0.2) is 0 Å². The topological polar surface area (TPSA) is 49.9 Å². The van der Waals surface area contributed by atoms with Crippen LogP contribution in [0, 0.1) is 5.82 Å². The first-order chi connectivity index (χ1) is 18.5. The second-order valence-corrected chi connectivity index (χ2v) is 9.59. The molecule has 0 saturated carbocycles.